The van der Waals surface area contributed by atoms with Crippen LogP contribution in [0.3, 0.4) is 0 Å². The number of nitro benzene ring substituents is 1. The van der Waals surface area contributed by atoms with E-state index in [2.05, 4.69) is 5.32 Å². The fourth-order valence-corrected chi connectivity index (χ4v) is 1.29. The van der Waals surface area contributed by atoms with Crippen molar-refractivity contribution in [2.45, 2.75) is 26.0 Å². The fourth-order valence-electron chi connectivity index (χ4n) is 1.29. The average Bonchev–Trinajstić information content (AvgIpc) is 2.34. The van der Waals surface area contributed by atoms with Gasteiger partial charge in [0, 0.05) is 24.7 Å². The zero-order valence-corrected chi connectivity index (χ0v) is 10.5. The lowest BCUT2D eigenvalue weighted by atomic mass is 10.3. The highest BCUT2D eigenvalue weighted by Crippen LogP contribution is 2.17. The van der Waals surface area contributed by atoms with Crippen molar-refractivity contribution in [2.75, 3.05) is 13.2 Å². The minimum absolute atomic E-state index is 0.0179. The molecule has 0 aliphatic carbocycles. The first-order chi connectivity index (χ1) is 8.49. The van der Waals surface area contributed by atoms with E-state index in [1.165, 1.54) is 24.3 Å². The lowest BCUT2D eigenvalue weighted by Crippen LogP contribution is -2.35. The Hall–Kier alpha value is -1.66. The van der Waals surface area contributed by atoms with E-state index in [0.717, 1.165) is 0 Å². The van der Waals surface area contributed by atoms with Crippen LogP contribution >= 0.6 is 0 Å². The second-order valence-electron chi connectivity index (χ2n) is 4.28. The molecule has 1 aromatic carbocycles. The highest BCUT2D eigenvalue weighted by molar-refractivity contribution is 5.35. The molecular weight excluding hydrogens is 236 g/mol. The summed E-state index contributed by atoms with van der Waals surface area (Å²) in [5, 5.41) is 23.1. The number of nitro groups is 1. The third kappa shape index (κ3) is 5.11. The van der Waals surface area contributed by atoms with Gasteiger partial charge in [-0.05, 0) is 12.1 Å². The van der Waals surface area contributed by atoms with Gasteiger partial charge in [-0.2, -0.15) is 0 Å². The average molecular weight is 254 g/mol. The molecular formula is C12H18N2O4. The molecule has 0 bridgehead atoms. The monoisotopic (exact) mass is 254 g/mol. The number of rotatable bonds is 7. The van der Waals surface area contributed by atoms with Gasteiger partial charge in [0.25, 0.3) is 5.69 Å². The first-order valence-electron chi connectivity index (χ1n) is 5.77. The van der Waals surface area contributed by atoms with E-state index >= 15 is 0 Å². The van der Waals surface area contributed by atoms with E-state index in [1.807, 2.05) is 13.8 Å². The van der Waals surface area contributed by atoms with Crippen molar-refractivity contribution in [2.24, 2.45) is 0 Å². The molecule has 0 aromatic heterocycles. The molecule has 0 radical (unpaired) electrons. The maximum atomic E-state index is 10.4. The molecule has 6 heteroatoms. The molecule has 0 saturated carbocycles. The standard InChI is InChI=1S/C12H18N2O4/c1-9(2)13-7-11(15)8-18-12-5-3-10(4-6-12)14(16)17/h3-6,9,11,13,15H,7-8H2,1-2H3/t11-/m1/s1. The second-order valence-corrected chi connectivity index (χ2v) is 4.28. The SMILES string of the molecule is CC(C)NC[C@@H](O)COc1ccc([N+](=O)[O-])cc1. The molecule has 0 heterocycles. The number of aliphatic hydroxyl groups excluding tert-OH is 1. The Morgan fingerprint density at radius 2 is 2.00 bits per heavy atom. The molecule has 6 nitrogen and oxygen atoms in total. The number of non-ortho nitro benzene ring substituents is 1. The Morgan fingerprint density at radius 3 is 2.50 bits per heavy atom. The number of benzene rings is 1. The van der Waals surface area contributed by atoms with Crippen molar-refractivity contribution < 1.29 is 14.8 Å². The van der Waals surface area contributed by atoms with Crippen molar-refractivity contribution in [3.05, 3.63) is 34.4 Å². The van der Waals surface area contributed by atoms with Gasteiger partial charge in [-0.15, -0.1) is 0 Å². The Bertz CT molecular complexity index is 378. The summed E-state index contributed by atoms with van der Waals surface area (Å²) in [6, 6.07) is 6.07. The smallest absolute Gasteiger partial charge is 0.269 e. The van der Waals surface area contributed by atoms with E-state index in [-0.39, 0.29) is 12.3 Å². The summed E-state index contributed by atoms with van der Waals surface area (Å²) in [5.41, 5.74) is 0.0179. The third-order valence-electron chi connectivity index (χ3n) is 2.25. The van der Waals surface area contributed by atoms with Crippen LogP contribution in [0.4, 0.5) is 5.69 Å². The highest BCUT2D eigenvalue weighted by Gasteiger charge is 2.07. The fraction of sp³-hybridized carbons (Fsp3) is 0.500. The molecule has 100 valence electrons. The molecule has 0 spiro atoms. The van der Waals surface area contributed by atoms with Crippen LogP contribution < -0.4 is 10.1 Å². The Kier molecular flexibility index (Phi) is 5.54. The van der Waals surface area contributed by atoms with Gasteiger partial charge in [-0.1, -0.05) is 13.8 Å². The number of hydrogen-bond donors (Lipinski definition) is 2. The zero-order chi connectivity index (χ0) is 13.5. The first kappa shape index (κ1) is 14.4. The second kappa shape index (κ2) is 6.93. The number of hydrogen-bond acceptors (Lipinski definition) is 5. The van der Waals surface area contributed by atoms with Crippen LogP contribution in [0, 0.1) is 10.1 Å². The van der Waals surface area contributed by atoms with Crippen LogP contribution in [0.25, 0.3) is 0 Å². The maximum absolute atomic E-state index is 10.4. The molecule has 0 amide bonds. The molecule has 0 aliphatic heterocycles. The summed E-state index contributed by atoms with van der Waals surface area (Å²) in [6.07, 6.45) is -0.609. The van der Waals surface area contributed by atoms with E-state index < -0.39 is 11.0 Å². The summed E-state index contributed by atoms with van der Waals surface area (Å²) < 4.78 is 5.32. The lowest BCUT2D eigenvalue weighted by molar-refractivity contribution is -0.384. The van der Waals surface area contributed by atoms with Crippen LogP contribution in [-0.2, 0) is 0 Å². The van der Waals surface area contributed by atoms with Crippen molar-refractivity contribution in [3.63, 3.8) is 0 Å². The van der Waals surface area contributed by atoms with Gasteiger partial charge in [0.15, 0.2) is 0 Å². The predicted octanol–water partition coefficient (Wildman–Crippen LogP) is 1.33. The summed E-state index contributed by atoms with van der Waals surface area (Å²) in [6.45, 7) is 4.58. The largest absolute Gasteiger partial charge is 0.491 e. The summed E-state index contributed by atoms with van der Waals surface area (Å²) >= 11 is 0. The molecule has 1 rings (SSSR count). The van der Waals surface area contributed by atoms with E-state index in [9.17, 15) is 15.2 Å². The first-order valence-corrected chi connectivity index (χ1v) is 5.77. The van der Waals surface area contributed by atoms with Gasteiger partial charge in [0.05, 0.1) is 4.92 Å². The Morgan fingerprint density at radius 1 is 1.39 bits per heavy atom. The van der Waals surface area contributed by atoms with Gasteiger partial charge < -0.3 is 15.2 Å². The quantitative estimate of drug-likeness (QED) is 0.566. The van der Waals surface area contributed by atoms with Crippen molar-refractivity contribution in [1.29, 1.82) is 0 Å². The molecule has 2 N–H and O–H groups in total. The molecule has 1 aromatic rings. The topological polar surface area (TPSA) is 84.6 Å². The maximum Gasteiger partial charge on any atom is 0.269 e. The number of aliphatic hydroxyl groups is 1. The third-order valence-corrected chi connectivity index (χ3v) is 2.25. The molecule has 0 aliphatic rings. The summed E-state index contributed by atoms with van der Waals surface area (Å²) in [4.78, 5) is 9.98. The Labute approximate surface area is 106 Å². The minimum atomic E-state index is -0.609. The number of ether oxygens (including phenoxy) is 1. The zero-order valence-electron chi connectivity index (χ0n) is 10.5. The van der Waals surface area contributed by atoms with Gasteiger partial charge in [-0.25, -0.2) is 0 Å². The van der Waals surface area contributed by atoms with Crippen molar-refractivity contribution in [3.8, 4) is 5.75 Å². The van der Waals surface area contributed by atoms with Crippen LogP contribution in [0.15, 0.2) is 24.3 Å². The van der Waals surface area contributed by atoms with E-state index in [4.69, 9.17) is 4.74 Å². The lowest BCUT2D eigenvalue weighted by Gasteiger charge is -2.14. The summed E-state index contributed by atoms with van der Waals surface area (Å²) in [7, 11) is 0. The van der Waals surface area contributed by atoms with E-state index in [1.54, 1.807) is 0 Å². The van der Waals surface area contributed by atoms with Gasteiger partial charge in [0.1, 0.15) is 18.5 Å². The number of nitrogens with one attached hydrogen (secondary N) is 1. The van der Waals surface area contributed by atoms with Crippen LogP contribution in [0.1, 0.15) is 13.8 Å². The molecule has 1 atom stereocenters. The van der Waals surface area contributed by atoms with Gasteiger partial charge in [0.2, 0.25) is 0 Å². The molecule has 0 unspecified atom stereocenters. The van der Waals surface area contributed by atoms with E-state index in [0.29, 0.717) is 18.3 Å². The van der Waals surface area contributed by atoms with Crippen LogP contribution in [0.2, 0.25) is 0 Å². The number of nitrogens with zero attached hydrogens (tertiary/aromatic N) is 1. The Balaban J connectivity index is 2.36. The van der Waals surface area contributed by atoms with Crippen LogP contribution in [-0.4, -0.2) is 35.3 Å². The van der Waals surface area contributed by atoms with Gasteiger partial charge in [-0.3, -0.25) is 10.1 Å². The molecule has 0 fully saturated rings. The predicted molar refractivity (Wildman–Crippen MR) is 67.7 cm³/mol. The van der Waals surface area contributed by atoms with Crippen molar-refractivity contribution >= 4 is 5.69 Å². The van der Waals surface area contributed by atoms with Crippen LogP contribution in [0.5, 0.6) is 5.75 Å². The molecule has 0 saturated heterocycles. The normalized spacial score (nSPS) is 12.4. The highest BCUT2D eigenvalue weighted by atomic mass is 16.6. The minimum Gasteiger partial charge on any atom is -0.491 e. The van der Waals surface area contributed by atoms with Gasteiger partial charge >= 0.3 is 0 Å². The summed E-state index contributed by atoms with van der Waals surface area (Å²) in [5.74, 6) is 0.504. The van der Waals surface area contributed by atoms with Crippen molar-refractivity contribution in [1.82, 2.24) is 5.32 Å². The molecule has 18 heavy (non-hydrogen) atoms.